The summed E-state index contributed by atoms with van der Waals surface area (Å²) in [5, 5.41) is 15.6. The predicted octanol–water partition coefficient (Wildman–Crippen LogP) is 3.50. The number of nitrogens with zero attached hydrogens (tertiary/aromatic N) is 2. The van der Waals surface area contributed by atoms with Crippen molar-refractivity contribution in [3.8, 4) is 6.07 Å². The van der Waals surface area contributed by atoms with Crippen LogP contribution in [0.2, 0.25) is 0 Å². The molecule has 0 spiro atoms. The SMILES string of the molecule is Cc1cc(C2(C)NC(=O)N(CC(=O)Nc3sc4c(c3C#N)CCCCC4)C2=O)c(C)o1. The van der Waals surface area contributed by atoms with Gasteiger partial charge in [0, 0.05) is 10.4 Å². The van der Waals surface area contributed by atoms with Gasteiger partial charge in [-0.05, 0) is 58.1 Å². The molecule has 0 bridgehead atoms. The van der Waals surface area contributed by atoms with E-state index in [2.05, 4.69) is 16.7 Å². The molecule has 4 rings (SSSR count). The Morgan fingerprint density at radius 3 is 2.74 bits per heavy atom. The molecule has 0 aromatic carbocycles. The first-order valence-electron chi connectivity index (χ1n) is 10.3. The van der Waals surface area contributed by atoms with Crippen molar-refractivity contribution in [2.45, 2.75) is 58.4 Å². The van der Waals surface area contributed by atoms with Crippen LogP contribution >= 0.6 is 11.3 Å². The second kappa shape index (κ2) is 7.85. The minimum Gasteiger partial charge on any atom is -0.466 e. The average molecular weight is 441 g/mol. The van der Waals surface area contributed by atoms with Crippen LogP contribution in [0.4, 0.5) is 9.80 Å². The zero-order valence-corrected chi connectivity index (χ0v) is 18.6. The molecular formula is C22H24N4O4S. The maximum absolute atomic E-state index is 13.1. The molecule has 31 heavy (non-hydrogen) atoms. The van der Waals surface area contributed by atoms with Gasteiger partial charge in [-0.2, -0.15) is 5.26 Å². The summed E-state index contributed by atoms with van der Waals surface area (Å²) in [6, 6.07) is 3.30. The first-order chi connectivity index (χ1) is 14.7. The summed E-state index contributed by atoms with van der Waals surface area (Å²) in [6.45, 7) is 4.67. The normalized spacial score (nSPS) is 20.8. The number of aryl methyl sites for hydroxylation is 3. The number of nitrogens with one attached hydrogen (secondary N) is 2. The van der Waals surface area contributed by atoms with Crippen LogP contribution in [0.3, 0.4) is 0 Å². The molecule has 4 amide bonds. The van der Waals surface area contributed by atoms with Crippen molar-refractivity contribution in [3.05, 3.63) is 39.2 Å². The van der Waals surface area contributed by atoms with Crippen LogP contribution in [0, 0.1) is 25.2 Å². The molecule has 2 aromatic rings. The van der Waals surface area contributed by atoms with Crippen LogP contribution in [-0.2, 0) is 28.0 Å². The van der Waals surface area contributed by atoms with E-state index in [0.29, 0.717) is 27.6 Å². The van der Waals surface area contributed by atoms with E-state index < -0.39 is 29.9 Å². The molecule has 1 aliphatic heterocycles. The lowest BCUT2D eigenvalue weighted by Gasteiger charge is -2.21. The third-order valence-electron chi connectivity index (χ3n) is 5.94. The number of thiophene rings is 1. The number of urea groups is 1. The summed E-state index contributed by atoms with van der Waals surface area (Å²) >= 11 is 1.42. The predicted molar refractivity (Wildman–Crippen MR) is 115 cm³/mol. The molecule has 0 saturated carbocycles. The van der Waals surface area contributed by atoms with Gasteiger partial charge in [0.05, 0.1) is 5.56 Å². The lowest BCUT2D eigenvalue weighted by molar-refractivity contribution is -0.133. The lowest BCUT2D eigenvalue weighted by atomic mass is 9.92. The first-order valence-corrected chi connectivity index (χ1v) is 11.1. The Bertz CT molecular complexity index is 1130. The fraction of sp³-hybridized carbons (Fsp3) is 0.455. The van der Waals surface area contributed by atoms with E-state index in [0.717, 1.165) is 47.4 Å². The molecular weight excluding hydrogens is 416 g/mol. The van der Waals surface area contributed by atoms with E-state index in [1.54, 1.807) is 26.8 Å². The van der Waals surface area contributed by atoms with Gasteiger partial charge < -0.3 is 15.1 Å². The average Bonchev–Trinajstić information content (AvgIpc) is 3.21. The summed E-state index contributed by atoms with van der Waals surface area (Å²) in [6.07, 6.45) is 4.97. The molecule has 1 fully saturated rings. The second-order valence-corrected chi connectivity index (χ2v) is 9.31. The van der Waals surface area contributed by atoms with E-state index in [-0.39, 0.29) is 0 Å². The largest absolute Gasteiger partial charge is 0.466 e. The highest BCUT2D eigenvalue weighted by Crippen LogP contribution is 2.37. The highest BCUT2D eigenvalue weighted by Gasteiger charge is 2.51. The molecule has 1 unspecified atom stereocenters. The van der Waals surface area contributed by atoms with Gasteiger partial charge >= 0.3 is 6.03 Å². The molecule has 8 nitrogen and oxygen atoms in total. The first kappa shape index (κ1) is 21.1. The van der Waals surface area contributed by atoms with Crippen LogP contribution in [0.1, 0.15) is 59.3 Å². The van der Waals surface area contributed by atoms with E-state index in [9.17, 15) is 19.6 Å². The third kappa shape index (κ3) is 3.61. The fourth-order valence-electron chi connectivity index (χ4n) is 4.41. The number of rotatable bonds is 4. The molecule has 1 aliphatic carbocycles. The van der Waals surface area contributed by atoms with Gasteiger partial charge in [-0.3, -0.25) is 14.5 Å². The summed E-state index contributed by atoms with van der Waals surface area (Å²) in [7, 11) is 0. The van der Waals surface area contributed by atoms with E-state index >= 15 is 0 Å². The van der Waals surface area contributed by atoms with Crippen LogP contribution in [0.5, 0.6) is 0 Å². The molecule has 0 radical (unpaired) electrons. The Morgan fingerprint density at radius 2 is 2.06 bits per heavy atom. The number of fused-ring (bicyclic) bond motifs is 1. The molecule has 2 N–H and O–H groups in total. The number of anilines is 1. The minimum absolute atomic E-state index is 0.427. The van der Waals surface area contributed by atoms with Crippen molar-refractivity contribution >= 4 is 34.2 Å². The number of carbonyl (C=O) groups is 3. The van der Waals surface area contributed by atoms with Crippen LogP contribution in [0.15, 0.2) is 10.5 Å². The van der Waals surface area contributed by atoms with E-state index in [1.165, 1.54) is 11.3 Å². The van der Waals surface area contributed by atoms with Gasteiger partial charge in [-0.1, -0.05) is 6.42 Å². The zero-order chi connectivity index (χ0) is 22.3. The Morgan fingerprint density at radius 1 is 1.32 bits per heavy atom. The number of carbonyl (C=O) groups excluding carboxylic acids is 3. The highest BCUT2D eigenvalue weighted by molar-refractivity contribution is 7.16. The van der Waals surface area contributed by atoms with Crippen molar-refractivity contribution in [3.63, 3.8) is 0 Å². The lowest BCUT2D eigenvalue weighted by Crippen LogP contribution is -2.42. The molecule has 2 aliphatic rings. The second-order valence-electron chi connectivity index (χ2n) is 8.20. The molecule has 1 atom stereocenters. The maximum atomic E-state index is 13.1. The van der Waals surface area contributed by atoms with Crippen LogP contribution in [-0.4, -0.2) is 29.3 Å². The summed E-state index contributed by atoms with van der Waals surface area (Å²) in [5.41, 5.74) is 0.799. The number of amides is 4. The van der Waals surface area contributed by atoms with Gasteiger partial charge in [0.25, 0.3) is 5.91 Å². The topological polar surface area (TPSA) is 115 Å². The number of nitriles is 1. The van der Waals surface area contributed by atoms with Gasteiger partial charge in [0.2, 0.25) is 5.91 Å². The Kier molecular flexibility index (Phi) is 5.35. The Labute approximate surface area is 184 Å². The zero-order valence-electron chi connectivity index (χ0n) is 17.8. The number of hydrogen-bond donors (Lipinski definition) is 2. The summed E-state index contributed by atoms with van der Waals surface area (Å²) in [5.74, 6) is 0.145. The minimum atomic E-state index is -1.29. The van der Waals surface area contributed by atoms with Crippen molar-refractivity contribution in [1.29, 1.82) is 5.26 Å². The van der Waals surface area contributed by atoms with E-state index in [1.807, 2.05) is 0 Å². The summed E-state index contributed by atoms with van der Waals surface area (Å²) in [4.78, 5) is 40.4. The van der Waals surface area contributed by atoms with Gasteiger partial charge in [0.1, 0.15) is 34.7 Å². The summed E-state index contributed by atoms with van der Waals surface area (Å²) < 4.78 is 5.51. The highest BCUT2D eigenvalue weighted by atomic mass is 32.1. The Balaban J connectivity index is 1.52. The smallest absolute Gasteiger partial charge is 0.325 e. The van der Waals surface area contributed by atoms with Crippen molar-refractivity contribution in [2.24, 2.45) is 0 Å². The third-order valence-corrected chi connectivity index (χ3v) is 7.15. The molecule has 2 aromatic heterocycles. The molecule has 162 valence electrons. The quantitative estimate of drug-likeness (QED) is 0.558. The van der Waals surface area contributed by atoms with E-state index in [4.69, 9.17) is 4.42 Å². The molecule has 1 saturated heterocycles. The fourth-order valence-corrected chi connectivity index (χ4v) is 5.66. The van der Waals surface area contributed by atoms with Gasteiger partial charge in [-0.25, -0.2) is 4.79 Å². The van der Waals surface area contributed by atoms with Gasteiger partial charge in [-0.15, -0.1) is 11.3 Å². The molecule has 3 heterocycles. The standard InChI is InChI=1S/C22H24N4O4S/c1-12-9-16(13(2)30-12)22(3)20(28)26(21(29)25-22)11-18(27)24-19-15(10-23)14-7-5-4-6-8-17(14)31-19/h9H,4-8,11H2,1-3H3,(H,24,27)(H,25,29). The van der Waals surface area contributed by atoms with Crippen LogP contribution < -0.4 is 10.6 Å². The number of hydrogen-bond acceptors (Lipinski definition) is 6. The van der Waals surface area contributed by atoms with Crippen molar-refractivity contribution < 1.29 is 18.8 Å². The monoisotopic (exact) mass is 440 g/mol. The van der Waals surface area contributed by atoms with Crippen molar-refractivity contribution in [2.75, 3.05) is 11.9 Å². The van der Waals surface area contributed by atoms with Gasteiger partial charge in [0.15, 0.2) is 0 Å². The van der Waals surface area contributed by atoms with Crippen molar-refractivity contribution in [1.82, 2.24) is 10.2 Å². The number of imide groups is 1. The number of furan rings is 1. The van der Waals surface area contributed by atoms with Crippen LogP contribution in [0.25, 0.3) is 0 Å². The Hall–Kier alpha value is -3.12. The molecule has 9 heteroatoms. The maximum Gasteiger partial charge on any atom is 0.325 e.